The molecule has 0 saturated carbocycles. The molecule has 0 spiro atoms. The molecule has 1 aromatic heterocycles. The predicted molar refractivity (Wildman–Crippen MR) is 76.9 cm³/mol. The standard InChI is InChI=1S/C13H18ClF4NOS/c1-2-5-19-9(6-10-3-4-11(14)21-10)7-20-8-13(17,18)12(15)16/h3-4,9,12,19H,2,5-8H2,1H3. The molecule has 1 atom stereocenters. The summed E-state index contributed by atoms with van der Waals surface area (Å²) in [5, 5.41) is 3.15. The Kier molecular flexibility index (Phi) is 7.94. The Balaban J connectivity index is 2.46. The van der Waals surface area contributed by atoms with E-state index in [0.717, 1.165) is 11.3 Å². The molecule has 0 aliphatic rings. The van der Waals surface area contributed by atoms with Gasteiger partial charge in [0.15, 0.2) is 0 Å². The molecule has 0 saturated heterocycles. The van der Waals surface area contributed by atoms with Crippen molar-refractivity contribution in [1.29, 1.82) is 0 Å². The minimum atomic E-state index is -4.11. The molecular formula is C13H18ClF4NOS. The molecule has 1 rings (SSSR count). The molecule has 1 unspecified atom stereocenters. The molecule has 0 fully saturated rings. The van der Waals surface area contributed by atoms with Crippen molar-refractivity contribution < 1.29 is 22.3 Å². The average Bonchev–Trinajstić information content (AvgIpc) is 2.80. The van der Waals surface area contributed by atoms with Crippen LogP contribution < -0.4 is 5.32 Å². The van der Waals surface area contributed by atoms with E-state index >= 15 is 0 Å². The highest BCUT2D eigenvalue weighted by molar-refractivity contribution is 7.16. The second-order valence-electron chi connectivity index (χ2n) is 4.64. The maximum Gasteiger partial charge on any atom is 0.330 e. The van der Waals surface area contributed by atoms with Crippen LogP contribution in [0.2, 0.25) is 4.34 Å². The molecule has 21 heavy (non-hydrogen) atoms. The molecule has 0 aliphatic heterocycles. The van der Waals surface area contributed by atoms with Crippen LogP contribution in [0.1, 0.15) is 18.2 Å². The van der Waals surface area contributed by atoms with Gasteiger partial charge in [-0.3, -0.25) is 0 Å². The molecule has 2 nitrogen and oxygen atoms in total. The molecular weight excluding hydrogens is 330 g/mol. The molecule has 8 heteroatoms. The number of ether oxygens (including phenoxy) is 1. The number of nitrogens with one attached hydrogen (secondary N) is 1. The molecule has 0 bridgehead atoms. The van der Waals surface area contributed by atoms with Gasteiger partial charge in [0.1, 0.15) is 6.61 Å². The minimum Gasteiger partial charge on any atom is -0.373 e. The molecule has 1 heterocycles. The fourth-order valence-electron chi connectivity index (χ4n) is 1.64. The smallest absolute Gasteiger partial charge is 0.330 e. The van der Waals surface area contributed by atoms with Crippen LogP contribution in [0.15, 0.2) is 12.1 Å². The fourth-order valence-corrected chi connectivity index (χ4v) is 2.81. The van der Waals surface area contributed by atoms with Gasteiger partial charge in [-0.05, 0) is 31.5 Å². The first-order chi connectivity index (χ1) is 9.85. The number of hydrogen-bond donors (Lipinski definition) is 1. The van der Waals surface area contributed by atoms with Gasteiger partial charge in [0.25, 0.3) is 0 Å². The Hall–Kier alpha value is -0.370. The predicted octanol–water partition coefficient (Wildman–Crippen LogP) is 4.23. The van der Waals surface area contributed by atoms with Crippen molar-refractivity contribution >= 4 is 22.9 Å². The van der Waals surface area contributed by atoms with E-state index in [-0.39, 0.29) is 12.6 Å². The third-order valence-electron chi connectivity index (χ3n) is 2.69. The molecule has 122 valence electrons. The lowest BCUT2D eigenvalue weighted by Crippen LogP contribution is -2.39. The van der Waals surface area contributed by atoms with E-state index in [2.05, 4.69) is 5.32 Å². The van der Waals surface area contributed by atoms with Crippen LogP contribution in [0.5, 0.6) is 0 Å². The van der Waals surface area contributed by atoms with E-state index in [4.69, 9.17) is 16.3 Å². The summed E-state index contributed by atoms with van der Waals surface area (Å²) in [7, 11) is 0. The van der Waals surface area contributed by atoms with Gasteiger partial charge in [-0.25, -0.2) is 8.78 Å². The lowest BCUT2D eigenvalue weighted by atomic mass is 10.2. The van der Waals surface area contributed by atoms with E-state index in [1.807, 2.05) is 13.0 Å². The van der Waals surface area contributed by atoms with Crippen molar-refractivity contribution in [3.05, 3.63) is 21.3 Å². The monoisotopic (exact) mass is 347 g/mol. The first kappa shape index (κ1) is 18.7. The second-order valence-corrected chi connectivity index (χ2v) is 6.44. The molecule has 0 aromatic carbocycles. The summed E-state index contributed by atoms with van der Waals surface area (Å²) in [5.74, 6) is -4.11. The van der Waals surface area contributed by atoms with Crippen molar-refractivity contribution in [1.82, 2.24) is 5.32 Å². The summed E-state index contributed by atoms with van der Waals surface area (Å²) in [6.07, 6.45) is -2.29. The van der Waals surface area contributed by atoms with E-state index in [0.29, 0.717) is 17.3 Å². The topological polar surface area (TPSA) is 21.3 Å². The summed E-state index contributed by atoms with van der Waals surface area (Å²) in [6.45, 7) is 1.33. The highest BCUT2D eigenvalue weighted by Gasteiger charge is 2.41. The van der Waals surface area contributed by atoms with Crippen LogP contribution in [0, 0.1) is 0 Å². The number of alkyl halides is 4. The Morgan fingerprint density at radius 1 is 1.38 bits per heavy atom. The van der Waals surface area contributed by atoms with E-state index in [1.54, 1.807) is 6.07 Å². The Labute approximate surface area is 130 Å². The van der Waals surface area contributed by atoms with Crippen LogP contribution in [-0.2, 0) is 11.2 Å². The third kappa shape index (κ3) is 6.95. The third-order valence-corrected chi connectivity index (χ3v) is 3.95. The Morgan fingerprint density at radius 3 is 2.62 bits per heavy atom. The Morgan fingerprint density at radius 2 is 2.10 bits per heavy atom. The zero-order chi connectivity index (χ0) is 15.9. The van der Waals surface area contributed by atoms with E-state index in [1.165, 1.54) is 11.3 Å². The lowest BCUT2D eigenvalue weighted by Gasteiger charge is -2.20. The van der Waals surface area contributed by atoms with Crippen LogP contribution in [0.4, 0.5) is 17.6 Å². The van der Waals surface area contributed by atoms with Gasteiger partial charge in [-0.15, -0.1) is 11.3 Å². The largest absolute Gasteiger partial charge is 0.373 e. The molecule has 0 amide bonds. The maximum atomic E-state index is 12.8. The van der Waals surface area contributed by atoms with Gasteiger partial charge in [-0.1, -0.05) is 18.5 Å². The van der Waals surface area contributed by atoms with Crippen molar-refractivity contribution in [2.75, 3.05) is 19.8 Å². The molecule has 0 radical (unpaired) electrons. The quantitative estimate of drug-likeness (QED) is 0.639. The summed E-state index contributed by atoms with van der Waals surface area (Å²) in [4.78, 5) is 0.984. The molecule has 1 aromatic rings. The molecule has 1 N–H and O–H groups in total. The highest BCUT2D eigenvalue weighted by atomic mass is 35.5. The minimum absolute atomic E-state index is 0.0577. The SMILES string of the molecule is CCCNC(COCC(F)(F)C(F)F)Cc1ccc(Cl)s1. The van der Waals surface area contributed by atoms with Gasteiger partial charge >= 0.3 is 12.3 Å². The number of halogens is 5. The van der Waals surface area contributed by atoms with Crippen LogP contribution in [-0.4, -0.2) is 38.1 Å². The van der Waals surface area contributed by atoms with Gasteiger partial charge in [0, 0.05) is 10.9 Å². The highest BCUT2D eigenvalue weighted by Crippen LogP contribution is 2.24. The van der Waals surface area contributed by atoms with Gasteiger partial charge in [0.2, 0.25) is 0 Å². The van der Waals surface area contributed by atoms with Crippen molar-refractivity contribution in [3.8, 4) is 0 Å². The summed E-state index contributed by atoms with van der Waals surface area (Å²) >= 11 is 7.23. The van der Waals surface area contributed by atoms with Gasteiger partial charge < -0.3 is 10.1 Å². The van der Waals surface area contributed by atoms with Crippen LogP contribution >= 0.6 is 22.9 Å². The van der Waals surface area contributed by atoms with Crippen LogP contribution in [0.25, 0.3) is 0 Å². The molecule has 0 aliphatic carbocycles. The van der Waals surface area contributed by atoms with Crippen LogP contribution in [0.3, 0.4) is 0 Å². The average molecular weight is 348 g/mol. The van der Waals surface area contributed by atoms with E-state index < -0.39 is 19.0 Å². The normalized spacial score (nSPS) is 13.9. The Bertz CT molecular complexity index is 417. The van der Waals surface area contributed by atoms with Crippen molar-refractivity contribution in [3.63, 3.8) is 0 Å². The lowest BCUT2D eigenvalue weighted by molar-refractivity contribution is -0.167. The second kappa shape index (κ2) is 8.92. The number of rotatable bonds is 10. The van der Waals surface area contributed by atoms with E-state index in [9.17, 15) is 17.6 Å². The zero-order valence-electron chi connectivity index (χ0n) is 11.6. The number of hydrogen-bond acceptors (Lipinski definition) is 3. The van der Waals surface area contributed by atoms with Gasteiger partial charge in [0.05, 0.1) is 10.9 Å². The van der Waals surface area contributed by atoms with Gasteiger partial charge in [-0.2, -0.15) is 8.78 Å². The summed E-state index contributed by atoms with van der Waals surface area (Å²) < 4.78 is 55.0. The summed E-state index contributed by atoms with van der Waals surface area (Å²) in [6, 6.07) is 3.39. The van der Waals surface area contributed by atoms with Crippen molar-refractivity contribution in [2.45, 2.75) is 38.2 Å². The number of thiophene rings is 1. The fraction of sp³-hybridized carbons (Fsp3) is 0.692. The maximum absolute atomic E-state index is 12.8. The first-order valence-electron chi connectivity index (χ1n) is 6.56. The summed E-state index contributed by atoms with van der Waals surface area (Å²) in [5.41, 5.74) is 0. The zero-order valence-corrected chi connectivity index (χ0v) is 13.1. The van der Waals surface area contributed by atoms with Crippen molar-refractivity contribution in [2.24, 2.45) is 0 Å². The first-order valence-corrected chi connectivity index (χ1v) is 7.76.